The Balaban J connectivity index is 1.98. The molecule has 0 saturated carbocycles. The van der Waals surface area contributed by atoms with Gasteiger partial charge in [-0.3, -0.25) is 9.69 Å². The Morgan fingerprint density at radius 3 is 2.89 bits per heavy atom. The van der Waals surface area contributed by atoms with Crippen molar-refractivity contribution in [1.29, 1.82) is 0 Å². The fourth-order valence-corrected chi connectivity index (χ4v) is 2.14. The number of hydrogen-bond donors (Lipinski definition) is 1. The van der Waals surface area contributed by atoms with E-state index in [1.807, 2.05) is 38.2 Å². The van der Waals surface area contributed by atoms with E-state index in [-0.39, 0.29) is 11.9 Å². The highest BCUT2D eigenvalue weighted by molar-refractivity contribution is 5.74. The van der Waals surface area contributed by atoms with Gasteiger partial charge in [-0.2, -0.15) is 0 Å². The van der Waals surface area contributed by atoms with Gasteiger partial charge in [0.2, 0.25) is 0 Å². The van der Waals surface area contributed by atoms with E-state index in [1.54, 1.807) is 0 Å². The summed E-state index contributed by atoms with van der Waals surface area (Å²) in [5, 5.41) is 0. The summed E-state index contributed by atoms with van der Waals surface area (Å²) in [6, 6.07) is 7.93. The summed E-state index contributed by atoms with van der Waals surface area (Å²) < 4.78 is 4.72. The number of aromatic amines is 1. The first-order chi connectivity index (χ1) is 9.10. The largest absolute Gasteiger partial charge is 0.469 e. The van der Waals surface area contributed by atoms with Crippen LogP contribution in [-0.2, 0) is 16.1 Å². The van der Waals surface area contributed by atoms with E-state index in [9.17, 15) is 4.79 Å². The van der Waals surface area contributed by atoms with Crippen LogP contribution in [0.4, 0.5) is 0 Å². The summed E-state index contributed by atoms with van der Waals surface area (Å²) in [7, 11) is 3.38. The molecule has 0 fully saturated rings. The average molecular weight is 261 g/mol. The van der Waals surface area contributed by atoms with Crippen LogP contribution in [0.1, 0.15) is 12.7 Å². The molecule has 2 rings (SSSR count). The van der Waals surface area contributed by atoms with Gasteiger partial charge in [0.25, 0.3) is 0 Å². The zero-order valence-electron chi connectivity index (χ0n) is 11.5. The standard InChI is InChI=1S/C14H19N3O2/c1-10(14(18)19-3)8-17(2)9-13-15-11-6-4-5-7-12(11)16-13/h4-7,10H,8-9H2,1-3H3,(H,15,16). The lowest BCUT2D eigenvalue weighted by molar-refractivity contribution is -0.145. The van der Waals surface area contributed by atoms with Gasteiger partial charge in [-0.15, -0.1) is 0 Å². The number of nitrogens with one attached hydrogen (secondary N) is 1. The van der Waals surface area contributed by atoms with Gasteiger partial charge in [0.05, 0.1) is 30.6 Å². The molecule has 0 radical (unpaired) electrons. The van der Waals surface area contributed by atoms with Gasteiger partial charge >= 0.3 is 5.97 Å². The molecule has 2 aromatic rings. The van der Waals surface area contributed by atoms with Gasteiger partial charge in [-0.25, -0.2) is 4.98 Å². The van der Waals surface area contributed by atoms with Crippen molar-refractivity contribution in [3.8, 4) is 0 Å². The van der Waals surface area contributed by atoms with E-state index in [1.165, 1.54) is 7.11 Å². The molecule has 0 aliphatic heterocycles. The van der Waals surface area contributed by atoms with Crippen molar-refractivity contribution in [1.82, 2.24) is 14.9 Å². The van der Waals surface area contributed by atoms with Crippen molar-refractivity contribution in [3.05, 3.63) is 30.1 Å². The van der Waals surface area contributed by atoms with Crippen LogP contribution in [0.5, 0.6) is 0 Å². The number of fused-ring (bicyclic) bond motifs is 1. The Kier molecular flexibility index (Phi) is 4.16. The molecular formula is C14H19N3O2. The number of rotatable bonds is 5. The van der Waals surface area contributed by atoms with Crippen LogP contribution in [0.25, 0.3) is 11.0 Å². The Hall–Kier alpha value is -1.88. The van der Waals surface area contributed by atoms with E-state index in [4.69, 9.17) is 4.74 Å². The smallest absolute Gasteiger partial charge is 0.309 e. The summed E-state index contributed by atoms with van der Waals surface area (Å²) in [5.41, 5.74) is 2.00. The van der Waals surface area contributed by atoms with Crippen molar-refractivity contribution in [3.63, 3.8) is 0 Å². The molecule has 1 N–H and O–H groups in total. The number of para-hydroxylation sites is 2. The van der Waals surface area contributed by atoms with E-state index in [0.717, 1.165) is 16.9 Å². The molecule has 5 nitrogen and oxygen atoms in total. The zero-order valence-corrected chi connectivity index (χ0v) is 11.5. The first-order valence-corrected chi connectivity index (χ1v) is 6.30. The van der Waals surface area contributed by atoms with Gasteiger partial charge in [-0.1, -0.05) is 19.1 Å². The summed E-state index contributed by atoms with van der Waals surface area (Å²) in [6.07, 6.45) is 0. The van der Waals surface area contributed by atoms with Crippen LogP contribution >= 0.6 is 0 Å². The Morgan fingerprint density at radius 2 is 2.21 bits per heavy atom. The number of nitrogens with zero attached hydrogens (tertiary/aromatic N) is 2. The van der Waals surface area contributed by atoms with E-state index in [2.05, 4.69) is 14.9 Å². The molecular weight excluding hydrogens is 242 g/mol. The monoisotopic (exact) mass is 261 g/mol. The lowest BCUT2D eigenvalue weighted by Gasteiger charge is -2.18. The Morgan fingerprint density at radius 1 is 1.47 bits per heavy atom. The fraction of sp³-hybridized carbons (Fsp3) is 0.429. The van der Waals surface area contributed by atoms with E-state index in [0.29, 0.717) is 13.1 Å². The van der Waals surface area contributed by atoms with Gasteiger partial charge in [-0.05, 0) is 19.2 Å². The quantitative estimate of drug-likeness (QED) is 0.834. The number of hydrogen-bond acceptors (Lipinski definition) is 4. The average Bonchev–Trinajstić information content (AvgIpc) is 2.79. The third kappa shape index (κ3) is 3.32. The molecule has 5 heteroatoms. The third-order valence-corrected chi connectivity index (χ3v) is 3.05. The lowest BCUT2D eigenvalue weighted by Crippen LogP contribution is -2.29. The summed E-state index contributed by atoms with van der Waals surface area (Å²) in [6.45, 7) is 3.18. The minimum absolute atomic E-state index is 0.139. The second-order valence-electron chi connectivity index (χ2n) is 4.82. The van der Waals surface area contributed by atoms with Crippen LogP contribution in [0.15, 0.2) is 24.3 Å². The van der Waals surface area contributed by atoms with Crippen molar-refractivity contribution < 1.29 is 9.53 Å². The highest BCUT2D eigenvalue weighted by Crippen LogP contribution is 2.12. The maximum absolute atomic E-state index is 11.4. The van der Waals surface area contributed by atoms with Gasteiger partial charge in [0.1, 0.15) is 5.82 Å². The van der Waals surface area contributed by atoms with Crippen LogP contribution in [-0.4, -0.2) is 41.5 Å². The molecule has 0 bridgehead atoms. The number of benzene rings is 1. The lowest BCUT2D eigenvalue weighted by atomic mass is 10.2. The predicted octanol–water partition coefficient (Wildman–Crippen LogP) is 1.80. The molecule has 1 aromatic heterocycles. The van der Waals surface area contributed by atoms with Gasteiger partial charge < -0.3 is 9.72 Å². The molecule has 0 aliphatic carbocycles. The molecule has 0 saturated heterocycles. The summed E-state index contributed by atoms with van der Waals surface area (Å²) in [5.74, 6) is 0.580. The molecule has 1 aromatic carbocycles. The van der Waals surface area contributed by atoms with Crippen LogP contribution < -0.4 is 0 Å². The number of esters is 1. The molecule has 102 valence electrons. The summed E-state index contributed by atoms with van der Waals surface area (Å²) >= 11 is 0. The maximum Gasteiger partial charge on any atom is 0.309 e. The Bertz CT molecular complexity index is 532. The molecule has 1 heterocycles. The highest BCUT2D eigenvalue weighted by atomic mass is 16.5. The molecule has 19 heavy (non-hydrogen) atoms. The SMILES string of the molecule is COC(=O)C(C)CN(C)Cc1nc2ccccc2[nH]1. The molecule has 0 aliphatic rings. The minimum atomic E-state index is -0.184. The molecule has 1 unspecified atom stereocenters. The third-order valence-electron chi connectivity index (χ3n) is 3.05. The number of H-pyrrole nitrogens is 1. The molecule has 0 amide bonds. The van der Waals surface area contributed by atoms with Gasteiger partial charge in [0.15, 0.2) is 0 Å². The number of imidazole rings is 1. The van der Waals surface area contributed by atoms with Crippen LogP contribution in [0, 0.1) is 5.92 Å². The number of methoxy groups -OCH3 is 1. The highest BCUT2D eigenvalue weighted by Gasteiger charge is 2.16. The number of carbonyl (C=O) groups is 1. The van der Waals surface area contributed by atoms with Crippen molar-refractivity contribution >= 4 is 17.0 Å². The normalized spacial score (nSPS) is 12.8. The van der Waals surface area contributed by atoms with Crippen molar-refractivity contribution in [2.45, 2.75) is 13.5 Å². The van der Waals surface area contributed by atoms with Gasteiger partial charge in [0, 0.05) is 6.54 Å². The second-order valence-corrected chi connectivity index (χ2v) is 4.82. The van der Waals surface area contributed by atoms with Crippen LogP contribution in [0.2, 0.25) is 0 Å². The molecule has 1 atom stereocenters. The summed E-state index contributed by atoms with van der Waals surface area (Å²) in [4.78, 5) is 21.2. The van der Waals surface area contributed by atoms with E-state index < -0.39 is 0 Å². The maximum atomic E-state index is 11.4. The molecule has 0 spiro atoms. The topological polar surface area (TPSA) is 58.2 Å². The second kappa shape index (κ2) is 5.84. The number of ether oxygens (including phenoxy) is 1. The first-order valence-electron chi connectivity index (χ1n) is 6.30. The fourth-order valence-electron chi connectivity index (χ4n) is 2.14. The number of carbonyl (C=O) groups excluding carboxylic acids is 1. The van der Waals surface area contributed by atoms with Crippen molar-refractivity contribution in [2.24, 2.45) is 5.92 Å². The minimum Gasteiger partial charge on any atom is -0.469 e. The Labute approximate surface area is 112 Å². The van der Waals surface area contributed by atoms with Crippen molar-refractivity contribution in [2.75, 3.05) is 20.7 Å². The predicted molar refractivity (Wildman–Crippen MR) is 73.6 cm³/mol. The zero-order chi connectivity index (χ0) is 13.8. The van der Waals surface area contributed by atoms with E-state index >= 15 is 0 Å². The number of aromatic nitrogens is 2. The first kappa shape index (κ1) is 13.5. The van der Waals surface area contributed by atoms with Crippen LogP contribution in [0.3, 0.4) is 0 Å².